The molecular formula is C19H19ClN6O2. The van der Waals surface area contributed by atoms with Gasteiger partial charge in [0, 0.05) is 36.5 Å². The van der Waals surface area contributed by atoms with Crippen LogP contribution in [0.15, 0.2) is 42.9 Å². The normalized spacial score (nSPS) is 12.4. The molecule has 0 aliphatic rings. The molecule has 8 nitrogen and oxygen atoms in total. The van der Waals surface area contributed by atoms with Crippen molar-refractivity contribution in [3.05, 3.63) is 47.9 Å². The van der Waals surface area contributed by atoms with Gasteiger partial charge in [-0.15, -0.1) is 5.10 Å². The van der Waals surface area contributed by atoms with Gasteiger partial charge in [-0.05, 0) is 19.1 Å². The first-order chi connectivity index (χ1) is 13.5. The van der Waals surface area contributed by atoms with Gasteiger partial charge in [0.25, 0.3) is 0 Å². The van der Waals surface area contributed by atoms with Crippen LogP contribution in [0.2, 0.25) is 5.02 Å². The van der Waals surface area contributed by atoms with Crippen LogP contribution in [0.1, 0.15) is 6.92 Å². The Hall–Kier alpha value is -2.97. The lowest BCUT2D eigenvalue weighted by Gasteiger charge is -2.08. The fraction of sp³-hybridized carbons (Fsp3) is 0.263. The summed E-state index contributed by atoms with van der Waals surface area (Å²) in [7, 11) is 3.48. The predicted molar refractivity (Wildman–Crippen MR) is 105 cm³/mol. The van der Waals surface area contributed by atoms with E-state index in [1.807, 2.05) is 50.6 Å². The summed E-state index contributed by atoms with van der Waals surface area (Å²) in [5, 5.41) is 9.38. The van der Waals surface area contributed by atoms with E-state index < -0.39 is 0 Å². The molecule has 0 N–H and O–H groups in total. The van der Waals surface area contributed by atoms with E-state index >= 15 is 0 Å². The number of aryl methyl sites for hydroxylation is 1. The topological polar surface area (TPSA) is 79.4 Å². The number of nitrogens with zero attached hydrogens (tertiary/aromatic N) is 6. The van der Waals surface area contributed by atoms with E-state index in [9.17, 15) is 0 Å². The van der Waals surface area contributed by atoms with Crippen molar-refractivity contribution in [1.29, 1.82) is 0 Å². The van der Waals surface area contributed by atoms with Crippen LogP contribution in [0, 0.1) is 0 Å². The number of hydrogen-bond acceptors (Lipinski definition) is 6. The van der Waals surface area contributed by atoms with Gasteiger partial charge in [-0.1, -0.05) is 23.7 Å². The quantitative estimate of drug-likeness (QED) is 0.496. The molecule has 0 bridgehead atoms. The Bertz CT molecular complexity index is 1110. The minimum Gasteiger partial charge on any atom is -0.457 e. The molecule has 0 aliphatic carbocycles. The Balaban J connectivity index is 1.84. The molecule has 28 heavy (non-hydrogen) atoms. The van der Waals surface area contributed by atoms with Crippen molar-refractivity contribution in [2.75, 3.05) is 13.7 Å². The number of benzene rings is 1. The van der Waals surface area contributed by atoms with Crippen LogP contribution >= 0.6 is 11.6 Å². The first-order valence-electron chi connectivity index (χ1n) is 8.71. The average molecular weight is 399 g/mol. The third-order valence-electron chi connectivity index (χ3n) is 4.13. The summed E-state index contributed by atoms with van der Waals surface area (Å²) in [6, 6.07) is 7.76. The maximum absolute atomic E-state index is 6.02. The second-order valence-electron chi connectivity index (χ2n) is 6.43. The van der Waals surface area contributed by atoms with Gasteiger partial charge in [0.05, 0.1) is 24.7 Å². The first kappa shape index (κ1) is 18.4. The molecule has 1 aromatic carbocycles. The van der Waals surface area contributed by atoms with E-state index in [-0.39, 0.29) is 12.1 Å². The number of ether oxygens (including phenoxy) is 2. The second-order valence-corrected chi connectivity index (χ2v) is 6.87. The predicted octanol–water partition coefficient (Wildman–Crippen LogP) is 3.26. The molecule has 3 aromatic heterocycles. The van der Waals surface area contributed by atoms with Crippen molar-refractivity contribution in [3.63, 3.8) is 0 Å². The molecule has 4 aromatic rings. The molecule has 0 amide bonds. The Morgan fingerprint density at radius 1 is 1.11 bits per heavy atom. The van der Waals surface area contributed by atoms with Crippen LogP contribution in [-0.2, 0) is 11.8 Å². The van der Waals surface area contributed by atoms with Gasteiger partial charge < -0.3 is 9.47 Å². The van der Waals surface area contributed by atoms with Gasteiger partial charge in [-0.25, -0.2) is 9.50 Å². The van der Waals surface area contributed by atoms with Crippen LogP contribution in [0.5, 0.6) is 6.01 Å². The second kappa shape index (κ2) is 7.57. The third-order valence-corrected chi connectivity index (χ3v) is 4.38. The molecular weight excluding hydrogens is 380 g/mol. The molecule has 144 valence electrons. The Morgan fingerprint density at radius 2 is 1.89 bits per heavy atom. The van der Waals surface area contributed by atoms with Crippen molar-refractivity contribution >= 4 is 17.2 Å². The van der Waals surface area contributed by atoms with Crippen molar-refractivity contribution in [1.82, 2.24) is 29.4 Å². The number of fused-ring (bicyclic) bond motifs is 1. The molecule has 9 heteroatoms. The van der Waals surface area contributed by atoms with Crippen LogP contribution in [-0.4, -0.2) is 49.2 Å². The molecule has 0 fully saturated rings. The molecule has 3 heterocycles. The van der Waals surface area contributed by atoms with E-state index in [0.717, 1.165) is 16.8 Å². The molecule has 0 saturated heterocycles. The SMILES string of the molecule is COC[C@H](C)Oc1nc2c(-c3cnn(C)c3)nc(-c3ccc(Cl)cc3)cn2n1. The van der Waals surface area contributed by atoms with Gasteiger partial charge >= 0.3 is 6.01 Å². The minimum atomic E-state index is -0.173. The van der Waals surface area contributed by atoms with Crippen LogP contribution in [0.25, 0.3) is 28.2 Å². The molecule has 0 spiro atoms. The Kier molecular flexibility index (Phi) is 4.97. The van der Waals surface area contributed by atoms with Crippen molar-refractivity contribution < 1.29 is 9.47 Å². The fourth-order valence-corrected chi connectivity index (χ4v) is 2.99. The van der Waals surface area contributed by atoms with E-state index in [1.54, 1.807) is 22.5 Å². The van der Waals surface area contributed by atoms with Gasteiger partial charge in [0.1, 0.15) is 11.8 Å². The number of rotatable bonds is 6. The van der Waals surface area contributed by atoms with E-state index in [1.165, 1.54) is 0 Å². The highest BCUT2D eigenvalue weighted by Gasteiger charge is 2.17. The first-order valence-corrected chi connectivity index (χ1v) is 9.09. The highest BCUT2D eigenvalue weighted by molar-refractivity contribution is 6.30. The minimum absolute atomic E-state index is 0.173. The summed E-state index contributed by atoms with van der Waals surface area (Å²) in [6.45, 7) is 2.34. The number of halogens is 1. The Labute approximate surface area is 166 Å². The zero-order chi connectivity index (χ0) is 19.7. The third kappa shape index (κ3) is 3.69. The number of hydrogen-bond donors (Lipinski definition) is 0. The lowest BCUT2D eigenvalue weighted by Crippen LogP contribution is -2.18. The largest absolute Gasteiger partial charge is 0.457 e. The standard InChI is InChI=1S/C19H19ClN6O2/c1-12(11-27-3)28-19-23-18-17(14-8-21-25(2)9-14)22-16(10-26(18)24-19)13-4-6-15(20)7-5-13/h4-10,12H,11H2,1-3H3/t12-/m0/s1. The number of aromatic nitrogens is 6. The zero-order valence-electron chi connectivity index (χ0n) is 15.7. The lowest BCUT2D eigenvalue weighted by molar-refractivity contribution is 0.0857. The summed E-state index contributed by atoms with van der Waals surface area (Å²) in [4.78, 5) is 9.34. The van der Waals surface area contributed by atoms with E-state index in [4.69, 9.17) is 26.1 Å². The molecule has 0 aliphatic heterocycles. The molecule has 0 radical (unpaired) electrons. The lowest BCUT2D eigenvalue weighted by atomic mass is 10.1. The molecule has 0 saturated carbocycles. The summed E-state index contributed by atoms with van der Waals surface area (Å²) >= 11 is 6.02. The highest BCUT2D eigenvalue weighted by Crippen LogP contribution is 2.27. The molecule has 4 rings (SSSR count). The van der Waals surface area contributed by atoms with Crippen LogP contribution in [0.4, 0.5) is 0 Å². The zero-order valence-corrected chi connectivity index (χ0v) is 16.5. The summed E-state index contributed by atoms with van der Waals surface area (Å²) in [6.07, 6.45) is 5.28. The smallest absolute Gasteiger partial charge is 0.336 e. The highest BCUT2D eigenvalue weighted by atomic mass is 35.5. The van der Waals surface area contributed by atoms with Crippen LogP contribution < -0.4 is 4.74 Å². The summed E-state index contributed by atoms with van der Waals surface area (Å²) in [5.41, 5.74) is 3.76. The summed E-state index contributed by atoms with van der Waals surface area (Å²) in [5.74, 6) is 0. The maximum Gasteiger partial charge on any atom is 0.336 e. The van der Waals surface area contributed by atoms with Gasteiger partial charge in [-0.3, -0.25) is 4.68 Å². The Morgan fingerprint density at radius 3 is 2.57 bits per heavy atom. The van der Waals surface area contributed by atoms with E-state index in [2.05, 4.69) is 15.2 Å². The van der Waals surface area contributed by atoms with Crippen molar-refractivity contribution in [2.24, 2.45) is 7.05 Å². The molecule has 0 unspecified atom stereocenters. The fourth-order valence-electron chi connectivity index (χ4n) is 2.87. The van der Waals surface area contributed by atoms with Crippen molar-refractivity contribution in [3.8, 4) is 28.5 Å². The van der Waals surface area contributed by atoms with Gasteiger partial charge in [0.15, 0.2) is 5.65 Å². The average Bonchev–Trinajstić information content (AvgIpc) is 3.27. The van der Waals surface area contributed by atoms with Crippen LogP contribution in [0.3, 0.4) is 0 Å². The maximum atomic E-state index is 6.02. The van der Waals surface area contributed by atoms with Gasteiger partial charge in [-0.2, -0.15) is 10.1 Å². The van der Waals surface area contributed by atoms with Gasteiger partial charge in [0.2, 0.25) is 0 Å². The number of methoxy groups -OCH3 is 1. The summed E-state index contributed by atoms with van der Waals surface area (Å²) < 4.78 is 14.3. The van der Waals surface area contributed by atoms with Crippen molar-refractivity contribution in [2.45, 2.75) is 13.0 Å². The van der Waals surface area contributed by atoms with E-state index in [0.29, 0.717) is 23.0 Å². The monoisotopic (exact) mass is 398 g/mol. The molecule has 1 atom stereocenters.